The van der Waals surface area contributed by atoms with E-state index in [4.69, 9.17) is 15.9 Å². The summed E-state index contributed by atoms with van der Waals surface area (Å²) in [5, 5.41) is 22.5. The summed E-state index contributed by atoms with van der Waals surface area (Å²) in [6, 6.07) is 4.49. The number of carbonyl (C=O) groups excluding carboxylic acids is 3. The van der Waals surface area contributed by atoms with E-state index in [1.165, 1.54) is 6.92 Å². The molecule has 1 aromatic carbocycles. The lowest BCUT2D eigenvalue weighted by Gasteiger charge is -2.23. The van der Waals surface area contributed by atoms with Gasteiger partial charge in [0.25, 0.3) is 0 Å². The van der Waals surface area contributed by atoms with E-state index in [0.717, 1.165) is 7.11 Å². The number of methoxy groups -OCH3 is 1. The number of nitrogens with one attached hydrogen (secondary N) is 2. The van der Waals surface area contributed by atoms with Crippen molar-refractivity contribution in [1.82, 2.24) is 10.6 Å². The molecular formula is C19H25N3O8. The van der Waals surface area contributed by atoms with Crippen molar-refractivity contribution in [2.24, 2.45) is 11.7 Å². The van der Waals surface area contributed by atoms with Gasteiger partial charge in [-0.2, -0.15) is 0 Å². The average molecular weight is 423 g/mol. The molecule has 0 spiro atoms. The maximum absolute atomic E-state index is 12.6. The molecule has 0 aliphatic carbocycles. The molecular weight excluding hydrogens is 398 g/mol. The third-order valence-corrected chi connectivity index (χ3v) is 4.33. The zero-order valence-electron chi connectivity index (χ0n) is 16.5. The minimum Gasteiger partial charge on any atom is -0.481 e. The summed E-state index contributed by atoms with van der Waals surface area (Å²) in [5.74, 6) is -6.71. The van der Waals surface area contributed by atoms with Gasteiger partial charge in [-0.15, -0.1) is 0 Å². The molecule has 11 nitrogen and oxygen atoms in total. The van der Waals surface area contributed by atoms with E-state index in [1.807, 2.05) is 0 Å². The second kappa shape index (κ2) is 11.5. The van der Waals surface area contributed by atoms with E-state index < -0.39 is 60.2 Å². The van der Waals surface area contributed by atoms with Gasteiger partial charge in [-0.05, 0) is 12.5 Å². The van der Waals surface area contributed by atoms with Crippen LogP contribution in [-0.2, 0) is 35.1 Å². The summed E-state index contributed by atoms with van der Waals surface area (Å²) >= 11 is 0. The first-order valence-corrected chi connectivity index (χ1v) is 8.99. The van der Waals surface area contributed by atoms with Crippen molar-refractivity contribution in [2.45, 2.75) is 37.9 Å². The van der Waals surface area contributed by atoms with Crippen molar-refractivity contribution in [1.29, 1.82) is 0 Å². The van der Waals surface area contributed by atoms with Crippen molar-refractivity contribution >= 4 is 29.7 Å². The maximum Gasteiger partial charge on any atom is 0.328 e. The minimum absolute atomic E-state index is 0.0720. The highest BCUT2D eigenvalue weighted by atomic mass is 16.5. The molecule has 0 aliphatic heterocycles. The predicted molar refractivity (Wildman–Crippen MR) is 103 cm³/mol. The third kappa shape index (κ3) is 7.51. The van der Waals surface area contributed by atoms with E-state index in [9.17, 15) is 24.0 Å². The Morgan fingerprint density at radius 1 is 1.00 bits per heavy atom. The van der Waals surface area contributed by atoms with Gasteiger partial charge < -0.3 is 31.3 Å². The molecule has 6 N–H and O–H groups in total. The molecule has 1 aromatic rings. The number of amides is 2. The number of esters is 1. The van der Waals surface area contributed by atoms with Crippen LogP contribution in [0.3, 0.4) is 0 Å². The van der Waals surface area contributed by atoms with Crippen LogP contribution in [-0.4, -0.2) is 65.2 Å². The number of hydrogen-bond donors (Lipinski definition) is 5. The van der Waals surface area contributed by atoms with Crippen molar-refractivity contribution in [3.63, 3.8) is 0 Å². The first-order valence-electron chi connectivity index (χ1n) is 8.99. The largest absolute Gasteiger partial charge is 0.481 e. The van der Waals surface area contributed by atoms with Crippen LogP contribution in [0.1, 0.15) is 18.9 Å². The number of nitrogens with two attached hydrogens (primary N) is 1. The fourth-order valence-corrected chi connectivity index (χ4v) is 2.49. The molecule has 2 amide bonds. The highest BCUT2D eigenvalue weighted by Crippen LogP contribution is 2.07. The number of benzene rings is 1. The smallest absolute Gasteiger partial charge is 0.328 e. The van der Waals surface area contributed by atoms with E-state index in [1.54, 1.807) is 30.3 Å². The molecule has 1 unspecified atom stereocenters. The van der Waals surface area contributed by atoms with Gasteiger partial charge in [0.1, 0.15) is 12.1 Å². The second-order valence-electron chi connectivity index (χ2n) is 6.59. The van der Waals surface area contributed by atoms with Gasteiger partial charge in [0.05, 0.1) is 25.5 Å². The van der Waals surface area contributed by atoms with Crippen LogP contribution in [0.5, 0.6) is 0 Å². The Hall–Kier alpha value is -3.47. The summed E-state index contributed by atoms with van der Waals surface area (Å²) in [4.78, 5) is 59.0. The molecule has 0 heterocycles. The van der Waals surface area contributed by atoms with Crippen LogP contribution < -0.4 is 16.4 Å². The Labute approximate surface area is 172 Å². The number of carbonyl (C=O) groups is 5. The SMILES string of the molecule is COC(=O)[C@H](Cc1ccccc1)NC(=O)[C@H](CC(=O)O)NC(=O)[C@H](N)C(C)C(=O)O. The van der Waals surface area contributed by atoms with Gasteiger partial charge in [0.2, 0.25) is 11.8 Å². The fraction of sp³-hybridized carbons (Fsp3) is 0.421. The van der Waals surface area contributed by atoms with Gasteiger partial charge in [-0.3, -0.25) is 19.2 Å². The number of rotatable bonds is 11. The summed E-state index contributed by atoms with van der Waals surface area (Å²) < 4.78 is 4.68. The number of ether oxygens (including phenoxy) is 1. The number of hydrogen-bond acceptors (Lipinski definition) is 7. The molecule has 0 radical (unpaired) electrons. The molecule has 0 bridgehead atoms. The lowest BCUT2D eigenvalue weighted by atomic mass is 10.0. The fourth-order valence-electron chi connectivity index (χ4n) is 2.49. The Kier molecular flexibility index (Phi) is 9.43. The first kappa shape index (κ1) is 24.6. The normalized spacial score (nSPS) is 14.5. The first-order chi connectivity index (χ1) is 14.1. The van der Waals surface area contributed by atoms with Gasteiger partial charge in [-0.25, -0.2) is 4.79 Å². The predicted octanol–water partition coefficient (Wildman–Crippen LogP) is -1.11. The molecule has 0 fully saturated rings. The van der Waals surface area contributed by atoms with Crippen LogP contribution in [0.4, 0.5) is 0 Å². The minimum atomic E-state index is -1.58. The summed E-state index contributed by atoms with van der Waals surface area (Å²) in [5.41, 5.74) is 6.28. The van der Waals surface area contributed by atoms with Crippen LogP contribution in [0.2, 0.25) is 0 Å². The quantitative estimate of drug-likeness (QED) is 0.275. The van der Waals surface area contributed by atoms with Crippen LogP contribution in [0.15, 0.2) is 30.3 Å². The molecule has 30 heavy (non-hydrogen) atoms. The van der Waals surface area contributed by atoms with Gasteiger partial charge >= 0.3 is 17.9 Å². The van der Waals surface area contributed by atoms with Crippen molar-refractivity contribution in [3.8, 4) is 0 Å². The Bertz CT molecular complexity index is 783. The molecule has 164 valence electrons. The lowest BCUT2D eigenvalue weighted by Crippen LogP contribution is -2.57. The van der Waals surface area contributed by atoms with Crippen LogP contribution >= 0.6 is 0 Å². The van der Waals surface area contributed by atoms with E-state index in [0.29, 0.717) is 5.56 Å². The summed E-state index contributed by atoms with van der Waals surface area (Å²) in [7, 11) is 1.13. The molecule has 0 aliphatic rings. The van der Waals surface area contributed by atoms with Gasteiger partial charge in [-0.1, -0.05) is 30.3 Å². The molecule has 1 rings (SSSR count). The van der Waals surface area contributed by atoms with E-state index >= 15 is 0 Å². The van der Waals surface area contributed by atoms with Crippen molar-refractivity contribution in [2.75, 3.05) is 7.11 Å². The highest BCUT2D eigenvalue weighted by Gasteiger charge is 2.32. The maximum atomic E-state index is 12.6. The zero-order valence-corrected chi connectivity index (χ0v) is 16.5. The zero-order chi connectivity index (χ0) is 22.8. The third-order valence-electron chi connectivity index (χ3n) is 4.33. The van der Waals surface area contributed by atoms with E-state index in [2.05, 4.69) is 15.4 Å². The summed E-state index contributed by atoms with van der Waals surface area (Å²) in [6.45, 7) is 1.20. The highest BCUT2D eigenvalue weighted by molar-refractivity contribution is 5.95. The van der Waals surface area contributed by atoms with E-state index in [-0.39, 0.29) is 6.42 Å². The molecule has 4 atom stereocenters. The standard InChI is InChI=1S/C19H25N3O8/c1-10(18(27)28)15(20)17(26)21-12(9-14(23)24)16(25)22-13(19(29)30-2)8-11-6-4-3-5-7-11/h3-7,10,12-13,15H,8-9,20H2,1-2H3,(H,21,26)(H,22,25)(H,23,24)(H,27,28)/t10?,12-,13-,15+/m0/s1. The molecule has 0 saturated heterocycles. The molecule has 0 saturated carbocycles. The lowest BCUT2D eigenvalue weighted by molar-refractivity contribution is -0.147. The van der Waals surface area contributed by atoms with Gasteiger partial charge in [0, 0.05) is 6.42 Å². The number of aliphatic carboxylic acids is 2. The van der Waals surface area contributed by atoms with Crippen molar-refractivity contribution in [3.05, 3.63) is 35.9 Å². The van der Waals surface area contributed by atoms with Crippen molar-refractivity contribution < 1.29 is 38.9 Å². The van der Waals surface area contributed by atoms with Gasteiger partial charge in [0.15, 0.2) is 0 Å². The van der Waals surface area contributed by atoms with Crippen LogP contribution in [0.25, 0.3) is 0 Å². The molecule has 0 aromatic heterocycles. The number of carboxylic acid groups (broad SMARTS) is 2. The molecule has 11 heteroatoms. The second-order valence-corrected chi connectivity index (χ2v) is 6.59. The summed E-state index contributed by atoms with van der Waals surface area (Å²) in [6.07, 6.45) is -0.729. The number of carboxylic acids is 2. The topological polar surface area (TPSA) is 185 Å². The average Bonchev–Trinajstić information content (AvgIpc) is 2.71. The monoisotopic (exact) mass is 423 g/mol. The Morgan fingerprint density at radius 2 is 1.57 bits per heavy atom. The Balaban J connectivity index is 2.96. The Morgan fingerprint density at radius 3 is 2.07 bits per heavy atom. The van der Waals surface area contributed by atoms with Crippen LogP contribution in [0, 0.1) is 5.92 Å².